The lowest BCUT2D eigenvalue weighted by atomic mass is 10.3. The molecular formula is C11H19N5O. The Balaban J connectivity index is 2.03. The summed E-state index contributed by atoms with van der Waals surface area (Å²) in [4.78, 5) is 13.6. The van der Waals surface area contributed by atoms with Crippen molar-refractivity contribution in [2.75, 3.05) is 14.1 Å². The zero-order valence-electron chi connectivity index (χ0n) is 10.6. The van der Waals surface area contributed by atoms with Crippen molar-refractivity contribution < 1.29 is 4.79 Å². The van der Waals surface area contributed by atoms with E-state index >= 15 is 0 Å². The smallest absolute Gasteiger partial charge is 0.239 e. The first-order valence-electron chi connectivity index (χ1n) is 5.96. The third-order valence-corrected chi connectivity index (χ3v) is 3.24. The molecule has 1 atom stereocenters. The molecule has 1 amide bonds. The van der Waals surface area contributed by atoms with Crippen molar-refractivity contribution in [2.24, 2.45) is 0 Å². The Morgan fingerprint density at radius 2 is 2.35 bits per heavy atom. The van der Waals surface area contributed by atoms with Crippen molar-refractivity contribution in [2.45, 2.75) is 38.9 Å². The van der Waals surface area contributed by atoms with Crippen LogP contribution in [0.3, 0.4) is 0 Å². The van der Waals surface area contributed by atoms with Gasteiger partial charge in [0.25, 0.3) is 0 Å². The normalized spacial score (nSPS) is 15.7. The van der Waals surface area contributed by atoms with Gasteiger partial charge in [-0.3, -0.25) is 4.79 Å². The fraction of sp³-hybridized carbons (Fsp3) is 0.727. The Hall–Kier alpha value is -1.43. The van der Waals surface area contributed by atoms with E-state index in [0.717, 1.165) is 31.0 Å². The van der Waals surface area contributed by atoms with Crippen molar-refractivity contribution >= 4 is 5.91 Å². The highest BCUT2D eigenvalue weighted by Crippen LogP contribution is 2.15. The quantitative estimate of drug-likeness (QED) is 0.787. The van der Waals surface area contributed by atoms with Crippen molar-refractivity contribution in [3.05, 3.63) is 11.6 Å². The van der Waals surface area contributed by atoms with Gasteiger partial charge in [0.2, 0.25) is 5.91 Å². The molecule has 17 heavy (non-hydrogen) atoms. The molecule has 94 valence electrons. The van der Waals surface area contributed by atoms with Crippen LogP contribution in [0.25, 0.3) is 0 Å². The van der Waals surface area contributed by atoms with E-state index in [1.807, 2.05) is 6.92 Å². The van der Waals surface area contributed by atoms with Crippen LogP contribution in [0, 0.1) is 0 Å². The molecule has 0 saturated carbocycles. The molecule has 1 unspecified atom stereocenters. The minimum absolute atomic E-state index is 0.0721. The molecule has 0 aliphatic carbocycles. The van der Waals surface area contributed by atoms with Crippen LogP contribution in [-0.2, 0) is 24.3 Å². The van der Waals surface area contributed by atoms with Crippen LogP contribution < -0.4 is 5.32 Å². The topological polar surface area (TPSA) is 63.1 Å². The summed E-state index contributed by atoms with van der Waals surface area (Å²) in [6, 6.07) is -0.166. The van der Waals surface area contributed by atoms with Crippen LogP contribution in [0.15, 0.2) is 0 Å². The first-order valence-corrected chi connectivity index (χ1v) is 5.96. The van der Waals surface area contributed by atoms with E-state index in [1.165, 1.54) is 0 Å². The maximum absolute atomic E-state index is 11.9. The van der Waals surface area contributed by atoms with E-state index in [9.17, 15) is 4.79 Å². The minimum atomic E-state index is -0.166. The summed E-state index contributed by atoms with van der Waals surface area (Å²) in [5, 5.41) is 11.2. The van der Waals surface area contributed by atoms with Crippen molar-refractivity contribution in [1.82, 2.24) is 25.0 Å². The van der Waals surface area contributed by atoms with E-state index in [0.29, 0.717) is 6.54 Å². The average Bonchev–Trinajstić information content (AvgIpc) is 2.91. The molecule has 0 fully saturated rings. The number of likely N-dealkylation sites (N-methyl/N-ethyl adjacent to an activating group) is 2. The maximum Gasteiger partial charge on any atom is 0.239 e. The number of nitrogens with zero attached hydrogens (tertiary/aromatic N) is 4. The number of aromatic nitrogens is 3. The van der Waals surface area contributed by atoms with Crippen LogP contribution in [0.5, 0.6) is 0 Å². The van der Waals surface area contributed by atoms with Gasteiger partial charge in [-0.1, -0.05) is 0 Å². The Kier molecular flexibility index (Phi) is 3.42. The predicted octanol–water partition coefficient (Wildman–Crippen LogP) is -0.209. The van der Waals surface area contributed by atoms with E-state index in [2.05, 4.69) is 20.1 Å². The Bertz CT molecular complexity index is 414. The second-order valence-electron chi connectivity index (χ2n) is 4.49. The van der Waals surface area contributed by atoms with E-state index in [1.54, 1.807) is 19.0 Å². The van der Waals surface area contributed by atoms with Gasteiger partial charge >= 0.3 is 0 Å². The molecule has 0 aromatic carbocycles. The molecular weight excluding hydrogens is 218 g/mol. The van der Waals surface area contributed by atoms with Crippen LogP contribution in [0.2, 0.25) is 0 Å². The van der Waals surface area contributed by atoms with Gasteiger partial charge in [-0.2, -0.15) is 0 Å². The molecule has 0 saturated heterocycles. The van der Waals surface area contributed by atoms with E-state index in [4.69, 9.17) is 0 Å². The summed E-state index contributed by atoms with van der Waals surface area (Å²) in [5.41, 5.74) is 0. The number of nitrogens with one attached hydrogen (secondary N) is 1. The van der Waals surface area contributed by atoms with Gasteiger partial charge in [0.05, 0.1) is 12.6 Å². The largest absolute Gasteiger partial charge is 0.337 e. The molecule has 1 aliphatic heterocycles. The molecule has 2 rings (SSSR count). The van der Waals surface area contributed by atoms with Crippen molar-refractivity contribution in [1.29, 1.82) is 0 Å². The van der Waals surface area contributed by atoms with Crippen LogP contribution >= 0.6 is 0 Å². The molecule has 6 heteroatoms. The zero-order chi connectivity index (χ0) is 12.4. The fourth-order valence-electron chi connectivity index (χ4n) is 2.07. The molecule has 1 aliphatic rings. The monoisotopic (exact) mass is 237 g/mol. The highest BCUT2D eigenvalue weighted by Gasteiger charge is 2.21. The van der Waals surface area contributed by atoms with Gasteiger partial charge in [-0.05, 0) is 20.4 Å². The number of rotatable bonds is 4. The number of hydrogen-bond acceptors (Lipinski definition) is 4. The molecule has 0 bridgehead atoms. The summed E-state index contributed by atoms with van der Waals surface area (Å²) in [6.07, 6.45) is 2.13. The number of carbonyl (C=O) groups is 1. The van der Waals surface area contributed by atoms with Crippen molar-refractivity contribution in [3.8, 4) is 0 Å². The second-order valence-corrected chi connectivity index (χ2v) is 4.49. The molecule has 1 aromatic heterocycles. The highest BCUT2D eigenvalue weighted by atomic mass is 16.2. The molecule has 6 nitrogen and oxygen atoms in total. The summed E-state index contributed by atoms with van der Waals surface area (Å²) in [5.74, 6) is 2.00. The Morgan fingerprint density at radius 3 is 3.06 bits per heavy atom. The van der Waals surface area contributed by atoms with E-state index in [-0.39, 0.29) is 11.9 Å². The van der Waals surface area contributed by atoms with Crippen LogP contribution in [0.1, 0.15) is 25.0 Å². The zero-order valence-corrected chi connectivity index (χ0v) is 10.6. The van der Waals surface area contributed by atoms with Crippen LogP contribution in [0.4, 0.5) is 0 Å². The van der Waals surface area contributed by atoms with Gasteiger partial charge in [0, 0.05) is 20.0 Å². The Morgan fingerprint density at radius 1 is 1.59 bits per heavy atom. The van der Waals surface area contributed by atoms with Gasteiger partial charge in [-0.25, -0.2) is 0 Å². The first-order chi connectivity index (χ1) is 8.13. The minimum Gasteiger partial charge on any atom is -0.337 e. The SMILES string of the molecule is CNC(C)C(=O)N(C)Cc1nnc2n1CCC2. The predicted molar refractivity (Wildman–Crippen MR) is 63.3 cm³/mol. The summed E-state index contributed by atoms with van der Waals surface area (Å²) in [7, 11) is 3.58. The molecule has 2 heterocycles. The lowest BCUT2D eigenvalue weighted by Crippen LogP contribution is -2.41. The number of fused-ring (bicyclic) bond motifs is 1. The Labute approximate surface area is 101 Å². The summed E-state index contributed by atoms with van der Waals surface area (Å²) >= 11 is 0. The lowest BCUT2D eigenvalue weighted by Gasteiger charge is -2.20. The van der Waals surface area contributed by atoms with Gasteiger partial charge in [0.1, 0.15) is 5.82 Å². The molecule has 1 N–H and O–H groups in total. The second kappa shape index (κ2) is 4.83. The third kappa shape index (κ3) is 2.31. The summed E-state index contributed by atoms with van der Waals surface area (Å²) in [6.45, 7) is 3.35. The molecule has 1 aromatic rings. The molecule has 0 radical (unpaired) electrons. The average molecular weight is 237 g/mol. The highest BCUT2D eigenvalue weighted by molar-refractivity contribution is 5.81. The van der Waals surface area contributed by atoms with Crippen molar-refractivity contribution in [3.63, 3.8) is 0 Å². The number of hydrogen-bond donors (Lipinski definition) is 1. The number of aryl methyl sites for hydroxylation is 1. The number of carbonyl (C=O) groups excluding carboxylic acids is 1. The van der Waals surface area contributed by atoms with Gasteiger partial charge < -0.3 is 14.8 Å². The fourth-order valence-corrected chi connectivity index (χ4v) is 2.07. The van der Waals surface area contributed by atoms with Gasteiger partial charge in [-0.15, -0.1) is 10.2 Å². The van der Waals surface area contributed by atoms with E-state index < -0.39 is 0 Å². The summed E-state index contributed by atoms with van der Waals surface area (Å²) < 4.78 is 2.12. The number of amides is 1. The molecule has 0 spiro atoms. The van der Waals surface area contributed by atoms with Gasteiger partial charge in [0.15, 0.2) is 5.82 Å². The third-order valence-electron chi connectivity index (χ3n) is 3.24. The lowest BCUT2D eigenvalue weighted by molar-refractivity contribution is -0.132. The first kappa shape index (κ1) is 12.0. The maximum atomic E-state index is 11.9. The standard InChI is InChI=1S/C11H19N5O/c1-8(12-2)11(17)15(3)7-10-14-13-9-5-4-6-16(9)10/h8,12H,4-7H2,1-3H3. The van der Waals surface area contributed by atoms with Crippen LogP contribution in [-0.4, -0.2) is 45.7 Å².